The average molecular weight is 414 g/mol. The van der Waals surface area contributed by atoms with E-state index in [0.717, 1.165) is 28.2 Å². The number of hydrogen-bond donors (Lipinski definition) is 1. The Bertz CT molecular complexity index is 1240. The number of aromatic nitrogens is 2. The molecule has 3 aromatic rings. The van der Waals surface area contributed by atoms with Gasteiger partial charge in [0.1, 0.15) is 11.9 Å². The summed E-state index contributed by atoms with van der Waals surface area (Å²) >= 11 is 0. The number of carbonyl (C=O) groups is 3. The van der Waals surface area contributed by atoms with Gasteiger partial charge in [-0.2, -0.15) is 0 Å². The van der Waals surface area contributed by atoms with Crippen molar-refractivity contribution in [1.29, 1.82) is 0 Å². The molecule has 3 heterocycles. The van der Waals surface area contributed by atoms with E-state index in [-0.39, 0.29) is 18.2 Å². The molecule has 1 fully saturated rings. The van der Waals surface area contributed by atoms with Crippen molar-refractivity contribution in [3.8, 4) is 22.6 Å². The molecule has 2 aliphatic rings. The van der Waals surface area contributed by atoms with Gasteiger partial charge in [0.2, 0.25) is 11.8 Å². The third-order valence-corrected chi connectivity index (χ3v) is 5.97. The van der Waals surface area contributed by atoms with Crippen molar-refractivity contribution in [3.63, 3.8) is 0 Å². The number of imide groups is 1. The van der Waals surface area contributed by atoms with Crippen LogP contribution in [0, 0.1) is 6.92 Å². The lowest BCUT2D eigenvalue weighted by Gasteiger charge is -2.29. The molecular weight excluding hydrogens is 392 g/mol. The second-order valence-corrected chi connectivity index (χ2v) is 8.20. The van der Waals surface area contributed by atoms with E-state index < -0.39 is 11.9 Å². The topological polar surface area (TPSA) is 84.3 Å². The third kappa shape index (κ3) is 3.32. The van der Waals surface area contributed by atoms with Crippen molar-refractivity contribution in [1.82, 2.24) is 19.8 Å². The molecule has 1 N–H and O–H groups in total. The summed E-state index contributed by atoms with van der Waals surface area (Å²) < 4.78 is 2.00. The average Bonchev–Trinajstić information content (AvgIpc) is 3.28. The minimum atomic E-state index is -0.608. The number of carbonyl (C=O) groups excluding carboxylic acids is 3. The molecule has 1 atom stereocenters. The molecule has 7 nitrogen and oxygen atoms in total. The molecule has 1 saturated heterocycles. The van der Waals surface area contributed by atoms with Gasteiger partial charge < -0.3 is 9.47 Å². The quantitative estimate of drug-likeness (QED) is 0.668. The Hall–Kier alpha value is -3.74. The van der Waals surface area contributed by atoms with E-state index in [9.17, 15) is 14.4 Å². The summed E-state index contributed by atoms with van der Waals surface area (Å²) in [5, 5.41) is 2.33. The molecule has 5 rings (SSSR count). The molecule has 3 amide bonds. The first-order chi connectivity index (χ1) is 14.9. The highest BCUT2D eigenvalue weighted by Gasteiger charge is 2.39. The second kappa shape index (κ2) is 7.19. The van der Waals surface area contributed by atoms with Crippen LogP contribution in [0.15, 0.2) is 48.7 Å². The number of nitrogens with zero attached hydrogens (tertiary/aromatic N) is 3. The summed E-state index contributed by atoms with van der Waals surface area (Å²) in [5.74, 6) is 0.0235. The van der Waals surface area contributed by atoms with Gasteiger partial charge in [-0.15, -0.1) is 0 Å². The Labute approximate surface area is 179 Å². The van der Waals surface area contributed by atoms with Gasteiger partial charge in [-0.25, -0.2) is 4.98 Å². The highest BCUT2D eigenvalue weighted by molar-refractivity contribution is 6.05. The molecule has 1 unspecified atom stereocenters. The maximum absolute atomic E-state index is 12.9. The summed E-state index contributed by atoms with van der Waals surface area (Å²) in [6.07, 6.45) is 2.59. The van der Waals surface area contributed by atoms with Crippen molar-refractivity contribution in [3.05, 3.63) is 65.4 Å². The molecule has 7 heteroatoms. The Morgan fingerprint density at radius 3 is 2.68 bits per heavy atom. The molecule has 0 aliphatic carbocycles. The van der Waals surface area contributed by atoms with Gasteiger partial charge in [-0.1, -0.05) is 29.8 Å². The van der Waals surface area contributed by atoms with Crippen LogP contribution in [-0.2, 0) is 23.2 Å². The molecule has 1 aromatic heterocycles. The van der Waals surface area contributed by atoms with Crippen LogP contribution in [0.25, 0.3) is 22.6 Å². The van der Waals surface area contributed by atoms with E-state index in [1.54, 1.807) is 11.0 Å². The van der Waals surface area contributed by atoms with Gasteiger partial charge >= 0.3 is 0 Å². The SMILES string of the molecule is Cc1cccc(-c2nc(-c3ccc4c(c3)CN(C3CCC(=O)NC3=O)C4=O)cn2C)c1. The summed E-state index contributed by atoms with van der Waals surface area (Å²) in [7, 11) is 1.97. The van der Waals surface area contributed by atoms with Crippen molar-refractivity contribution in [2.75, 3.05) is 0 Å². The number of piperidine rings is 1. The monoisotopic (exact) mass is 414 g/mol. The third-order valence-electron chi connectivity index (χ3n) is 5.97. The van der Waals surface area contributed by atoms with Crippen LogP contribution in [0.3, 0.4) is 0 Å². The van der Waals surface area contributed by atoms with Crippen LogP contribution in [0.5, 0.6) is 0 Å². The zero-order valence-corrected chi connectivity index (χ0v) is 17.4. The lowest BCUT2D eigenvalue weighted by molar-refractivity contribution is -0.136. The molecule has 31 heavy (non-hydrogen) atoms. The van der Waals surface area contributed by atoms with Crippen LogP contribution in [0.1, 0.15) is 34.3 Å². The van der Waals surface area contributed by atoms with Gasteiger partial charge in [0.05, 0.1) is 5.69 Å². The van der Waals surface area contributed by atoms with E-state index in [0.29, 0.717) is 18.5 Å². The van der Waals surface area contributed by atoms with Crippen LogP contribution < -0.4 is 5.32 Å². The number of hydrogen-bond acceptors (Lipinski definition) is 4. The summed E-state index contributed by atoms with van der Waals surface area (Å²) in [6, 6.07) is 13.3. The van der Waals surface area contributed by atoms with Crippen molar-refractivity contribution in [2.24, 2.45) is 7.05 Å². The van der Waals surface area contributed by atoms with Gasteiger partial charge in [0.15, 0.2) is 0 Å². The summed E-state index contributed by atoms with van der Waals surface area (Å²) in [4.78, 5) is 43.0. The van der Waals surface area contributed by atoms with Gasteiger partial charge in [-0.3, -0.25) is 19.7 Å². The molecule has 0 bridgehead atoms. The van der Waals surface area contributed by atoms with Gasteiger partial charge in [0, 0.05) is 42.9 Å². The summed E-state index contributed by atoms with van der Waals surface area (Å²) in [6.45, 7) is 2.41. The zero-order valence-electron chi connectivity index (χ0n) is 17.4. The number of aryl methyl sites for hydroxylation is 2. The highest BCUT2D eigenvalue weighted by atomic mass is 16.2. The molecule has 0 radical (unpaired) electrons. The van der Waals surface area contributed by atoms with Crippen LogP contribution in [-0.4, -0.2) is 38.2 Å². The lowest BCUT2D eigenvalue weighted by Crippen LogP contribution is -2.52. The maximum Gasteiger partial charge on any atom is 0.255 e. The minimum absolute atomic E-state index is 0.169. The number of benzene rings is 2. The number of amides is 3. The Balaban J connectivity index is 1.44. The van der Waals surface area contributed by atoms with Gasteiger partial charge in [0.25, 0.3) is 5.91 Å². The fourth-order valence-electron chi connectivity index (χ4n) is 4.39. The summed E-state index contributed by atoms with van der Waals surface area (Å²) in [5.41, 5.74) is 5.44. The number of imidazole rings is 1. The van der Waals surface area contributed by atoms with Crippen molar-refractivity contribution >= 4 is 17.7 Å². The number of nitrogens with one attached hydrogen (secondary N) is 1. The fourth-order valence-corrected chi connectivity index (χ4v) is 4.39. The molecule has 2 aliphatic heterocycles. The molecular formula is C24H22N4O3. The minimum Gasteiger partial charge on any atom is -0.333 e. The number of fused-ring (bicyclic) bond motifs is 1. The highest BCUT2D eigenvalue weighted by Crippen LogP contribution is 2.32. The standard InChI is InChI=1S/C24H22N4O3/c1-14-4-3-5-16(10-14)22-25-19(13-27(22)2)15-6-7-18-17(11-15)12-28(24(18)31)20-8-9-21(29)26-23(20)30/h3-7,10-11,13,20H,8-9,12H2,1-2H3,(H,26,29,30). The molecule has 0 saturated carbocycles. The van der Waals surface area contributed by atoms with Crippen molar-refractivity contribution in [2.45, 2.75) is 32.4 Å². The molecule has 156 valence electrons. The zero-order chi connectivity index (χ0) is 21.7. The molecule has 2 aromatic carbocycles. The first kappa shape index (κ1) is 19.2. The van der Waals surface area contributed by atoms with Crippen LogP contribution in [0.4, 0.5) is 0 Å². The lowest BCUT2D eigenvalue weighted by atomic mass is 10.0. The maximum atomic E-state index is 12.9. The van der Waals surface area contributed by atoms with E-state index >= 15 is 0 Å². The Kier molecular flexibility index (Phi) is 4.46. The fraction of sp³-hybridized carbons (Fsp3) is 0.250. The first-order valence-electron chi connectivity index (χ1n) is 10.3. The smallest absolute Gasteiger partial charge is 0.255 e. The Morgan fingerprint density at radius 2 is 1.90 bits per heavy atom. The normalized spacial score (nSPS) is 18.3. The van der Waals surface area contributed by atoms with Crippen molar-refractivity contribution < 1.29 is 14.4 Å². The van der Waals surface area contributed by atoms with E-state index in [4.69, 9.17) is 4.98 Å². The molecule has 0 spiro atoms. The second-order valence-electron chi connectivity index (χ2n) is 8.20. The number of rotatable bonds is 3. The van der Waals surface area contributed by atoms with Gasteiger partial charge in [-0.05, 0) is 37.1 Å². The largest absolute Gasteiger partial charge is 0.333 e. The van der Waals surface area contributed by atoms with E-state index in [1.807, 2.05) is 42.1 Å². The predicted molar refractivity (Wildman–Crippen MR) is 115 cm³/mol. The van der Waals surface area contributed by atoms with Crippen LogP contribution in [0.2, 0.25) is 0 Å². The first-order valence-corrected chi connectivity index (χ1v) is 10.3. The Morgan fingerprint density at radius 1 is 1.06 bits per heavy atom. The van der Waals surface area contributed by atoms with E-state index in [2.05, 4.69) is 24.4 Å². The van der Waals surface area contributed by atoms with Crippen LogP contribution >= 0.6 is 0 Å². The van der Waals surface area contributed by atoms with E-state index in [1.165, 1.54) is 5.56 Å². The predicted octanol–water partition coefficient (Wildman–Crippen LogP) is 2.82.